The first-order valence-corrected chi connectivity index (χ1v) is 7.13. The number of rotatable bonds is 5. The van der Waals surface area contributed by atoms with E-state index in [2.05, 4.69) is 5.32 Å². The van der Waals surface area contributed by atoms with Gasteiger partial charge < -0.3 is 10.1 Å². The van der Waals surface area contributed by atoms with Crippen LogP contribution in [-0.2, 0) is 4.79 Å². The molecule has 0 spiro atoms. The first kappa shape index (κ1) is 16.0. The van der Waals surface area contributed by atoms with Crippen LogP contribution in [0.2, 0.25) is 5.02 Å². The number of ether oxygens (including phenoxy) is 1. The van der Waals surface area contributed by atoms with Crippen molar-refractivity contribution < 1.29 is 14.3 Å². The fraction of sp³-hybridized carbons (Fsp3) is 0.176. The van der Waals surface area contributed by atoms with Crippen molar-refractivity contribution in [1.29, 1.82) is 0 Å². The maximum absolute atomic E-state index is 11.9. The van der Waals surface area contributed by atoms with Crippen LogP contribution in [0.5, 0.6) is 5.75 Å². The molecule has 1 amide bonds. The van der Waals surface area contributed by atoms with Gasteiger partial charge in [0.05, 0.1) is 0 Å². The van der Waals surface area contributed by atoms with Crippen LogP contribution in [0.4, 0.5) is 5.69 Å². The Balaban J connectivity index is 1.97. The highest BCUT2D eigenvalue weighted by Crippen LogP contribution is 2.20. The first-order valence-electron chi connectivity index (χ1n) is 6.75. The topological polar surface area (TPSA) is 55.4 Å². The molecular weight excluding hydrogens is 302 g/mol. The van der Waals surface area contributed by atoms with Crippen LogP contribution in [0, 0.1) is 6.92 Å². The Morgan fingerprint density at radius 3 is 2.68 bits per heavy atom. The summed E-state index contributed by atoms with van der Waals surface area (Å²) >= 11 is 5.91. The largest absolute Gasteiger partial charge is 0.484 e. The van der Waals surface area contributed by atoms with E-state index < -0.39 is 0 Å². The fourth-order valence-corrected chi connectivity index (χ4v) is 2.04. The van der Waals surface area contributed by atoms with Crippen molar-refractivity contribution in [3.8, 4) is 5.75 Å². The maximum Gasteiger partial charge on any atom is 0.262 e. The van der Waals surface area contributed by atoms with Crippen LogP contribution in [0.1, 0.15) is 22.8 Å². The molecular formula is C17H16ClNO3. The lowest BCUT2D eigenvalue weighted by Crippen LogP contribution is -2.20. The molecule has 0 aliphatic heterocycles. The number of ketones is 1. The number of carbonyl (C=O) groups excluding carboxylic acids is 2. The fourth-order valence-electron chi connectivity index (χ4n) is 1.87. The Bertz CT molecular complexity index is 713. The lowest BCUT2D eigenvalue weighted by Gasteiger charge is -2.10. The van der Waals surface area contributed by atoms with E-state index in [1.807, 2.05) is 13.0 Å². The summed E-state index contributed by atoms with van der Waals surface area (Å²) in [4.78, 5) is 23.2. The van der Waals surface area contributed by atoms with Crippen LogP contribution in [0.25, 0.3) is 0 Å². The van der Waals surface area contributed by atoms with Gasteiger partial charge in [-0.05, 0) is 43.7 Å². The van der Waals surface area contributed by atoms with Gasteiger partial charge in [0.1, 0.15) is 5.75 Å². The van der Waals surface area contributed by atoms with Crippen molar-refractivity contribution >= 4 is 29.0 Å². The predicted molar refractivity (Wildman–Crippen MR) is 86.8 cm³/mol. The molecule has 0 atom stereocenters. The number of aryl methyl sites for hydroxylation is 1. The normalized spacial score (nSPS) is 10.1. The zero-order valence-corrected chi connectivity index (χ0v) is 13.1. The Labute approximate surface area is 134 Å². The van der Waals surface area contributed by atoms with Crippen LogP contribution < -0.4 is 10.1 Å². The highest BCUT2D eigenvalue weighted by atomic mass is 35.5. The number of anilines is 1. The summed E-state index contributed by atoms with van der Waals surface area (Å²) in [6, 6.07) is 12.0. The minimum Gasteiger partial charge on any atom is -0.484 e. The average molecular weight is 318 g/mol. The van der Waals surface area contributed by atoms with Gasteiger partial charge in [-0.25, -0.2) is 0 Å². The highest BCUT2D eigenvalue weighted by molar-refractivity contribution is 6.31. The molecule has 0 bridgehead atoms. The third-order valence-electron chi connectivity index (χ3n) is 3.08. The van der Waals surface area contributed by atoms with E-state index in [9.17, 15) is 9.59 Å². The predicted octanol–water partition coefficient (Wildman–Crippen LogP) is 3.87. The van der Waals surface area contributed by atoms with E-state index in [4.69, 9.17) is 16.3 Å². The van der Waals surface area contributed by atoms with Gasteiger partial charge in [0.25, 0.3) is 5.91 Å². The number of carbonyl (C=O) groups is 2. The van der Waals surface area contributed by atoms with Crippen molar-refractivity contribution in [2.45, 2.75) is 13.8 Å². The molecule has 0 heterocycles. The molecule has 2 aromatic rings. The molecule has 0 saturated carbocycles. The lowest BCUT2D eigenvalue weighted by atomic mass is 10.1. The van der Waals surface area contributed by atoms with E-state index in [1.54, 1.807) is 36.4 Å². The summed E-state index contributed by atoms with van der Waals surface area (Å²) in [5, 5.41) is 3.30. The van der Waals surface area contributed by atoms with Crippen molar-refractivity contribution in [2.75, 3.05) is 11.9 Å². The van der Waals surface area contributed by atoms with Gasteiger partial charge in [-0.1, -0.05) is 29.8 Å². The van der Waals surface area contributed by atoms with E-state index >= 15 is 0 Å². The van der Waals surface area contributed by atoms with Crippen molar-refractivity contribution in [2.24, 2.45) is 0 Å². The molecule has 0 saturated heterocycles. The Hall–Kier alpha value is -2.33. The van der Waals surface area contributed by atoms with Gasteiger partial charge >= 0.3 is 0 Å². The molecule has 1 N–H and O–H groups in total. The van der Waals surface area contributed by atoms with Crippen molar-refractivity contribution in [3.63, 3.8) is 0 Å². The van der Waals surface area contributed by atoms with Gasteiger partial charge in [0.2, 0.25) is 0 Å². The monoisotopic (exact) mass is 317 g/mol. The third kappa shape index (κ3) is 4.33. The first-order chi connectivity index (χ1) is 10.5. The molecule has 0 unspecified atom stereocenters. The van der Waals surface area contributed by atoms with Crippen molar-refractivity contribution in [3.05, 3.63) is 58.6 Å². The summed E-state index contributed by atoms with van der Waals surface area (Å²) in [5.41, 5.74) is 2.11. The zero-order valence-electron chi connectivity index (χ0n) is 12.4. The van der Waals surface area contributed by atoms with Crippen LogP contribution >= 0.6 is 11.6 Å². The lowest BCUT2D eigenvalue weighted by molar-refractivity contribution is -0.118. The van der Waals surface area contributed by atoms with Gasteiger partial charge in [-0.15, -0.1) is 0 Å². The molecule has 0 aliphatic rings. The Kier molecular flexibility index (Phi) is 5.17. The molecule has 0 aromatic heterocycles. The molecule has 2 aromatic carbocycles. The van der Waals surface area contributed by atoms with E-state index in [0.29, 0.717) is 22.0 Å². The Morgan fingerprint density at radius 2 is 1.95 bits per heavy atom. The van der Waals surface area contributed by atoms with E-state index in [0.717, 1.165) is 5.56 Å². The second-order valence-electron chi connectivity index (χ2n) is 4.88. The number of hydrogen-bond acceptors (Lipinski definition) is 3. The summed E-state index contributed by atoms with van der Waals surface area (Å²) in [6.45, 7) is 3.21. The standard InChI is InChI=1S/C17H16ClNO3/c1-11-6-7-14(18)9-16(11)19-17(21)10-22-15-5-3-4-13(8-15)12(2)20/h3-9H,10H2,1-2H3,(H,19,21). The quantitative estimate of drug-likeness (QED) is 0.852. The summed E-state index contributed by atoms with van der Waals surface area (Å²) in [7, 11) is 0. The van der Waals surface area contributed by atoms with E-state index in [-0.39, 0.29) is 18.3 Å². The average Bonchev–Trinajstić information content (AvgIpc) is 2.49. The van der Waals surface area contributed by atoms with Crippen molar-refractivity contribution in [1.82, 2.24) is 0 Å². The minimum atomic E-state index is -0.293. The van der Waals surface area contributed by atoms with Gasteiger partial charge in [-0.3, -0.25) is 9.59 Å². The van der Waals surface area contributed by atoms with Gasteiger partial charge in [0.15, 0.2) is 12.4 Å². The molecule has 0 fully saturated rings. The smallest absolute Gasteiger partial charge is 0.262 e. The number of amides is 1. The van der Waals surface area contributed by atoms with Gasteiger partial charge in [-0.2, -0.15) is 0 Å². The van der Waals surface area contributed by atoms with Crippen LogP contribution in [0.15, 0.2) is 42.5 Å². The molecule has 4 nitrogen and oxygen atoms in total. The SMILES string of the molecule is CC(=O)c1cccc(OCC(=O)Nc2cc(Cl)ccc2C)c1. The number of nitrogens with one attached hydrogen (secondary N) is 1. The van der Waals surface area contributed by atoms with Gasteiger partial charge in [0, 0.05) is 16.3 Å². The number of benzene rings is 2. The van der Waals surface area contributed by atoms with Crippen LogP contribution in [-0.4, -0.2) is 18.3 Å². The van der Waals surface area contributed by atoms with Crippen LogP contribution in [0.3, 0.4) is 0 Å². The highest BCUT2D eigenvalue weighted by Gasteiger charge is 2.07. The number of hydrogen-bond donors (Lipinski definition) is 1. The molecule has 0 aliphatic carbocycles. The molecule has 22 heavy (non-hydrogen) atoms. The second kappa shape index (κ2) is 7.09. The number of Topliss-reactive ketones (excluding diaryl/α,β-unsaturated/α-hetero) is 1. The molecule has 2 rings (SSSR count). The second-order valence-corrected chi connectivity index (χ2v) is 5.32. The molecule has 5 heteroatoms. The van der Waals surface area contributed by atoms with E-state index in [1.165, 1.54) is 6.92 Å². The molecule has 0 radical (unpaired) electrons. The summed E-state index contributed by atoms with van der Waals surface area (Å²) in [5.74, 6) is 0.133. The molecule has 114 valence electrons. The minimum absolute atomic E-state index is 0.0514. The third-order valence-corrected chi connectivity index (χ3v) is 3.32. The maximum atomic E-state index is 11.9. The zero-order chi connectivity index (χ0) is 16.1. The summed E-state index contributed by atoms with van der Waals surface area (Å²) in [6.07, 6.45) is 0. The number of halogens is 1. The summed E-state index contributed by atoms with van der Waals surface area (Å²) < 4.78 is 5.40. The Morgan fingerprint density at radius 1 is 1.18 bits per heavy atom.